The smallest absolute Gasteiger partial charge is 0.0603 e. The predicted octanol–water partition coefficient (Wildman–Crippen LogP) is 3.52. The molecule has 2 heteroatoms. The summed E-state index contributed by atoms with van der Waals surface area (Å²) in [5.74, 6) is 0.782. The van der Waals surface area contributed by atoms with Crippen molar-refractivity contribution >= 4 is 0 Å². The maximum absolute atomic E-state index is 9.44. The van der Waals surface area contributed by atoms with Gasteiger partial charge in [0.25, 0.3) is 0 Å². The molecule has 1 aliphatic carbocycles. The van der Waals surface area contributed by atoms with Crippen molar-refractivity contribution in [1.29, 1.82) is 0 Å². The number of ether oxygens (including phenoxy) is 1. The van der Waals surface area contributed by atoms with E-state index in [0.29, 0.717) is 6.10 Å². The molecular weight excluding hydrogens is 200 g/mol. The van der Waals surface area contributed by atoms with E-state index in [2.05, 4.69) is 6.92 Å². The molecule has 0 amide bonds. The number of rotatable bonds is 7. The van der Waals surface area contributed by atoms with Gasteiger partial charge in [-0.05, 0) is 38.0 Å². The van der Waals surface area contributed by atoms with Crippen molar-refractivity contribution in [3.8, 4) is 0 Å². The van der Waals surface area contributed by atoms with Crippen molar-refractivity contribution in [2.75, 3.05) is 6.61 Å². The van der Waals surface area contributed by atoms with Gasteiger partial charge in [-0.1, -0.05) is 33.1 Å². The lowest BCUT2D eigenvalue weighted by Gasteiger charge is -2.30. The highest BCUT2D eigenvalue weighted by molar-refractivity contribution is 4.74. The van der Waals surface area contributed by atoms with E-state index in [-0.39, 0.29) is 6.10 Å². The molecule has 0 heterocycles. The Labute approximate surface area is 100 Å². The van der Waals surface area contributed by atoms with Gasteiger partial charge >= 0.3 is 0 Å². The summed E-state index contributed by atoms with van der Waals surface area (Å²) in [7, 11) is 0. The van der Waals surface area contributed by atoms with Gasteiger partial charge in [0.1, 0.15) is 0 Å². The second-order valence-corrected chi connectivity index (χ2v) is 5.07. The van der Waals surface area contributed by atoms with E-state index >= 15 is 0 Å². The van der Waals surface area contributed by atoms with Crippen molar-refractivity contribution in [1.82, 2.24) is 0 Å². The molecule has 1 saturated carbocycles. The van der Waals surface area contributed by atoms with Gasteiger partial charge < -0.3 is 9.84 Å². The molecule has 0 aromatic rings. The average Bonchev–Trinajstić information content (AvgIpc) is 2.34. The fraction of sp³-hybridized carbons (Fsp3) is 1.00. The minimum absolute atomic E-state index is 0.128. The highest BCUT2D eigenvalue weighted by Crippen LogP contribution is 2.29. The summed E-state index contributed by atoms with van der Waals surface area (Å²) in [4.78, 5) is 0. The van der Waals surface area contributed by atoms with Gasteiger partial charge in [0.05, 0.1) is 12.2 Å². The number of hydrogen-bond donors (Lipinski definition) is 1. The lowest BCUT2D eigenvalue weighted by atomic mass is 9.85. The molecule has 1 fully saturated rings. The van der Waals surface area contributed by atoms with E-state index in [1.165, 1.54) is 32.1 Å². The van der Waals surface area contributed by atoms with Crippen molar-refractivity contribution in [2.24, 2.45) is 5.92 Å². The Morgan fingerprint density at radius 3 is 2.69 bits per heavy atom. The zero-order chi connectivity index (χ0) is 11.8. The minimum Gasteiger partial charge on any atom is -0.393 e. The van der Waals surface area contributed by atoms with Crippen LogP contribution in [0.25, 0.3) is 0 Å². The van der Waals surface area contributed by atoms with Crippen molar-refractivity contribution in [3.63, 3.8) is 0 Å². The zero-order valence-corrected chi connectivity index (χ0v) is 11.0. The summed E-state index contributed by atoms with van der Waals surface area (Å²) in [5.41, 5.74) is 0. The Morgan fingerprint density at radius 1 is 1.25 bits per heavy atom. The molecule has 3 atom stereocenters. The van der Waals surface area contributed by atoms with Gasteiger partial charge in [-0.25, -0.2) is 0 Å². The molecular formula is C14H28O2. The molecule has 0 radical (unpaired) electrons. The minimum atomic E-state index is -0.128. The van der Waals surface area contributed by atoms with Crippen LogP contribution in [0.1, 0.15) is 65.2 Å². The van der Waals surface area contributed by atoms with E-state index in [9.17, 15) is 5.11 Å². The first-order valence-electron chi connectivity index (χ1n) is 7.07. The summed E-state index contributed by atoms with van der Waals surface area (Å²) in [6.45, 7) is 5.13. The van der Waals surface area contributed by atoms with Gasteiger partial charge in [0.15, 0.2) is 0 Å². The van der Waals surface area contributed by atoms with Gasteiger partial charge in [-0.15, -0.1) is 0 Å². The topological polar surface area (TPSA) is 29.5 Å². The SMILES string of the molecule is CCC(O)CCCOC1CCCCC1CC. The van der Waals surface area contributed by atoms with E-state index in [1.807, 2.05) is 6.92 Å². The summed E-state index contributed by atoms with van der Waals surface area (Å²) in [5, 5.41) is 9.44. The number of aliphatic hydroxyl groups is 1. The number of aliphatic hydroxyl groups excluding tert-OH is 1. The molecule has 96 valence electrons. The average molecular weight is 228 g/mol. The van der Waals surface area contributed by atoms with Gasteiger partial charge in [0, 0.05) is 6.61 Å². The van der Waals surface area contributed by atoms with Crippen LogP contribution in [-0.2, 0) is 4.74 Å². The first-order valence-corrected chi connectivity index (χ1v) is 7.07. The van der Waals surface area contributed by atoms with E-state index in [1.54, 1.807) is 0 Å². The summed E-state index contributed by atoms with van der Waals surface area (Å²) < 4.78 is 5.97. The Bertz CT molecular complexity index is 170. The molecule has 1 rings (SSSR count). The Hall–Kier alpha value is -0.0800. The maximum atomic E-state index is 9.44. The molecule has 0 aliphatic heterocycles. The molecule has 3 unspecified atom stereocenters. The van der Waals surface area contributed by atoms with Crippen LogP contribution in [0.15, 0.2) is 0 Å². The third-order valence-corrected chi connectivity index (χ3v) is 3.85. The third kappa shape index (κ3) is 4.84. The lowest BCUT2D eigenvalue weighted by Crippen LogP contribution is -2.27. The zero-order valence-electron chi connectivity index (χ0n) is 11.0. The van der Waals surface area contributed by atoms with Crippen LogP contribution in [0.3, 0.4) is 0 Å². The Morgan fingerprint density at radius 2 is 2.00 bits per heavy atom. The van der Waals surface area contributed by atoms with Crippen molar-refractivity contribution in [2.45, 2.75) is 77.4 Å². The standard InChI is InChI=1S/C14H28O2/c1-3-12-8-5-6-10-14(12)16-11-7-9-13(15)4-2/h12-15H,3-11H2,1-2H3. The van der Waals surface area contributed by atoms with Crippen LogP contribution in [0.2, 0.25) is 0 Å². The van der Waals surface area contributed by atoms with E-state index in [0.717, 1.165) is 31.8 Å². The molecule has 0 aromatic heterocycles. The van der Waals surface area contributed by atoms with E-state index in [4.69, 9.17) is 4.74 Å². The van der Waals surface area contributed by atoms with Crippen molar-refractivity contribution in [3.05, 3.63) is 0 Å². The normalized spacial score (nSPS) is 27.9. The first-order chi connectivity index (χ1) is 7.77. The Kier molecular flexibility index (Phi) is 7.06. The fourth-order valence-electron chi connectivity index (χ4n) is 2.62. The van der Waals surface area contributed by atoms with Crippen molar-refractivity contribution < 1.29 is 9.84 Å². The highest BCUT2D eigenvalue weighted by Gasteiger charge is 2.23. The van der Waals surface area contributed by atoms with Gasteiger partial charge in [0.2, 0.25) is 0 Å². The molecule has 0 spiro atoms. The maximum Gasteiger partial charge on any atom is 0.0603 e. The van der Waals surface area contributed by atoms with Crippen LogP contribution in [-0.4, -0.2) is 23.9 Å². The molecule has 0 saturated heterocycles. The Balaban J connectivity index is 2.10. The van der Waals surface area contributed by atoms with Crippen LogP contribution in [0.5, 0.6) is 0 Å². The van der Waals surface area contributed by atoms with Gasteiger partial charge in [-0.3, -0.25) is 0 Å². The summed E-state index contributed by atoms with van der Waals surface area (Å²) >= 11 is 0. The largest absolute Gasteiger partial charge is 0.393 e. The van der Waals surface area contributed by atoms with Crippen LogP contribution in [0, 0.1) is 5.92 Å². The number of hydrogen-bond acceptors (Lipinski definition) is 2. The predicted molar refractivity (Wildman–Crippen MR) is 67.5 cm³/mol. The highest BCUT2D eigenvalue weighted by atomic mass is 16.5. The monoisotopic (exact) mass is 228 g/mol. The molecule has 2 nitrogen and oxygen atoms in total. The summed E-state index contributed by atoms with van der Waals surface area (Å²) in [6, 6.07) is 0. The second-order valence-electron chi connectivity index (χ2n) is 5.07. The molecule has 1 N–H and O–H groups in total. The molecule has 16 heavy (non-hydrogen) atoms. The van der Waals surface area contributed by atoms with E-state index < -0.39 is 0 Å². The first kappa shape index (κ1) is 14.0. The third-order valence-electron chi connectivity index (χ3n) is 3.85. The molecule has 0 bridgehead atoms. The summed E-state index contributed by atoms with van der Waals surface area (Å²) in [6.07, 6.45) is 9.68. The lowest BCUT2D eigenvalue weighted by molar-refractivity contribution is -0.0165. The van der Waals surface area contributed by atoms with Crippen LogP contribution in [0.4, 0.5) is 0 Å². The van der Waals surface area contributed by atoms with Gasteiger partial charge in [-0.2, -0.15) is 0 Å². The fourth-order valence-corrected chi connectivity index (χ4v) is 2.62. The second kappa shape index (κ2) is 8.08. The van der Waals surface area contributed by atoms with Crippen LogP contribution >= 0.6 is 0 Å². The quantitative estimate of drug-likeness (QED) is 0.676. The molecule has 0 aromatic carbocycles. The van der Waals surface area contributed by atoms with Crippen LogP contribution < -0.4 is 0 Å². The molecule has 1 aliphatic rings.